The maximum Gasteiger partial charge on any atom is 0.336 e. The van der Waals surface area contributed by atoms with Gasteiger partial charge in [0.25, 0.3) is 11.8 Å². The number of benzene rings is 3. The average Bonchev–Trinajstić information content (AvgIpc) is 2.92. The molecule has 1 N–H and O–H groups in total. The van der Waals surface area contributed by atoms with Crippen molar-refractivity contribution < 1.29 is 33.3 Å². The maximum atomic E-state index is 13.5. The van der Waals surface area contributed by atoms with Gasteiger partial charge in [0.15, 0.2) is 11.5 Å². The summed E-state index contributed by atoms with van der Waals surface area (Å²) in [6.07, 6.45) is 1.30. The molecular formula is C28H23Cl3N2O7. The zero-order valence-electron chi connectivity index (χ0n) is 21.5. The summed E-state index contributed by atoms with van der Waals surface area (Å²) in [5, 5.41) is 3.17. The van der Waals surface area contributed by atoms with Crippen LogP contribution in [0, 0.1) is 0 Å². The monoisotopic (exact) mass is 604 g/mol. The first-order chi connectivity index (χ1) is 19.2. The predicted octanol–water partition coefficient (Wildman–Crippen LogP) is 6.31. The van der Waals surface area contributed by atoms with Crippen molar-refractivity contribution in [1.82, 2.24) is 5.32 Å². The highest BCUT2D eigenvalue weighted by Crippen LogP contribution is 2.40. The Morgan fingerprint density at radius 3 is 2.20 bits per heavy atom. The number of anilines is 1. The Labute approximate surface area is 245 Å². The number of imide groups is 2. The van der Waals surface area contributed by atoms with Gasteiger partial charge in [0.05, 0.1) is 36.6 Å². The van der Waals surface area contributed by atoms with Gasteiger partial charge in [-0.2, -0.15) is 0 Å². The van der Waals surface area contributed by atoms with Gasteiger partial charge in [0, 0.05) is 17.2 Å². The van der Waals surface area contributed by atoms with Crippen LogP contribution in [0.5, 0.6) is 23.0 Å². The van der Waals surface area contributed by atoms with Crippen LogP contribution >= 0.6 is 34.8 Å². The normalized spacial score (nSPS) is 14.3. The largest absolute Gasteiger partial charge is 0.495 e. The molecule has 0 bridgehead atoms. The van der Waals surface area contributed by atoms with Crippen LogP contribution in [0.15, 0.2) is 54.1 Å². The summed E-state index contributed by atoms with van der Waals surface area (Å²) in [4.78, 5) is 39.8. The molecule has 0 atom stereocenters. The second-order valence-corrected chi connectivity index (χ2v) is 9.55. The van der Waals surface area contributed by atoms with E-state index in [2.05, 4.69) is 5.32 Å². The lowest BCUT2D eigenvalue weighted by atomic mass is 10.1. The standard InChI is InChI=1S/C28H23Cl3N2O7/c1-4-39-24-11-16(10-20(31)25(24)40-14-15-5-7-17(29)8-6-15)9-18-26(34)32-28(36)33(27(18)35)21-13-22(37-2)19(30)12-23(21)38-3/h5-13H,4,14H2,1-3H3,(H,32,34,36)/b18-9+. The molecule has 12 heteroatoms. The first-order valence-corrected chi connectivity index (χ1v) is 13.0. The fourth-order valence-electron chi connectivity index (χ4n) is 3.87. The number of ether oxygens (including phenoxy) is 4. The summed E-state index contributed by atoms with van der Waals surface area (Å²) in [5.74, 6) is -0.877. The molecule has 0 unspecified atom stereocenters. The van der Waals surface area contributed by atoms with Crippen molar-refractivity contribution in [1.29, 1.82) is 0 Å². The van der Waals surface area contributed by atoms with Crippen LogP contribution in [0.4, 0.5) is 10.5 Å². The number of barbiturate groups is 1. The van der Waals surface area contributed by atoms with Gasteiger partial charge in [-0.25, -0.2) is 9.69 Å². The molecule has 208 valence electrons. The van der Waals surface area contributed by atoms with Gasteiger partial charge in [-0.15, -0.1) is 0 Å². The summed E-state index contributed by atoms with van der Waals surface area (Å²) < 4.78 is 22.2. The smallest absolute Gasteiger partial charge is 0.336 e. The highest BCUT2D eigenvalue weighted by Gasteiger charge is 2.38. The SMILES string of the molecule is CCOc1cc(/C=C2\C(=O)NC(=O)N(c3cc(OC)c(Cl)cc3OC)C2=O)cc(Cl)c1OCc1ccc(Cl)cc1. The number of methoxy groups -OCH3 is 2. The summed E-state index contributed by atoms with van der Waals surface area (Å²) in [6.45, 7) is 2.28. The maximum absolute atomic E-state index is 13.5. The van der Waals surface area contributed by atoms with Crippen molar-refractivity contribution >= 4 is 64.4 Å². The number of nitrogens with one attached hydrogen (secondary N) is 1. The predicted molar refractivity (Wildman–Crippen MR) is 152 cm³/mol. The third-order valence-corrected chi connectivity index (χ3v) is 6.56. The second-order valence-electron chi connectivity index (χ2n) is 8.29. The van der Waals surface area contributed by atoms with E-state index in [0.29, 0.717) is 22.9 Å². The first-order valence-electron chi connectivity index (χ1n) is 11.8. The molecule has 1 heterocycles. The average molecular weight is 606 g/mol. The number of halogens is 3. The molecule has 1 aliphatic rings. The van der Waals surface area contributed by atoms with E-state index in [1.165, 1.54) is 38.5 Å². The van der Waals surface area contributed by atoms with E-state index in [-0.39, 0.29) is 45.2 Å². The van der Waals surface area contributed by atoms with E-state index >= 15 is 0 Å². The minimum absolute atomic E-state index is 0.0311. The van der Waals surface area contributed by atoms with Crippen molar-refractivity contribution in [3.8, 4) is 23.0 Å². The summed E-state index contributed by atoms with van der Waals surface area (Å²) in [5.41, 5.74) is 0.922. The molecule has 1 saturated heterocycles. The third kappa shape index (κ3) is 6.12. The molecular weight excluding hydrogens is 583 g/mol. The molecule has 9 nitrogen and oxygen atoms in total. The Kier molecular flexibility index (Phi) is 9.09. The van der Waals surface area contributed by atoms with Crippen LogP contribution in [-0.2, 0) is 16.2 Å². The molecule has 3 aromatic carbocycles. The molecule has 0 saturated carbocycles. The van der Waals surface area contributed by atoms with E-state index in [1.807, 2.05) is 12.1 Å². The highest BCUT2D eigenvalue weighted by molar-refractivity contribution is 6.40. The Morgan fingerprint density at radius 2 is 1.55 bits per heavy atom. The van der Waals surface area contributed by atoms with Crippen molar-refractivity contribution in [2.45, 2.75) is 13.5 Å². The van der Waals surface area contributed by atoms with Gasteiger partial charge in [0.1, 0.15) is 23.7 Å². The number of urea groups is 1. The lowest BCUT2D eigenvalue weighted by Crippen LogP contribution is -2.54. The van der Waals surface area contributed by atoms with E-state index in [1.54, 1.807) is 25.1 Å². The number of carbonyl (C=O) groups excluding carboxylic acids is 3. The van der Waals surface area contributed by atoms with E-state index < -0.39 is 17.8 Å². The van der Waals surface area contributed by atoms with Gasteiger partial charge in [-0.05, 0) is 48.4 Å². The van der Waals surface area contributed by atoms with Crippen molar-refractivity contribution in [3.05, 3.63) is 80.3 Å². The minimum atomic E-state index is -0.964. The van der Waals surface area contributed by atoms with Gasteiger partial charge >= 0.3 is 6.03 Å². The van der Waals surface area contributed by atoms with Crippen LogP contribution in [0.1, 0.15) is 18.1 Å². The molecule has 4 rings (SSSR count). The number of hydrogen-bond acceptors (Lipinski definition) is 7. The topological polar surface area (TPSA) is 103 Å². The Morgan fingerprint density at radius 1 is 0.850 bits per heavy atom. The number of rotatable bonds is 9. The fourth-order valence-corrected chi connectivity index (χ4v) is 4.50. The molecule has 1 fully saturated rings. The highest BCUT2D eigenvalue weighted by atomic mass is 35.5. The second kappa shape index (κ2) is 12.5. The molecule has 0 aliphatic carbocycles. The summed E-state index contributed by atoms with van der Waals surface area (Å²) in [7, 11) is 2.73. The summed E-state index contributed by atoms with van der Waals surface area (Å²) in [6, 6.07) is 12.0. The molecule has 0 aromatic heterocycles. The lowest BCUT2D eigenvalue weighted by molar-refractivity contribution is -0.122. The quantitative estimate of drug-likeness (QED) is 0.225. The molecule has 3 aromatic rings. The van der Waals surface area contributed by atoms with Crippen LogP contribution < -0.4 is 29.2 Å². The molecule has 4 amide bonds. The van der Waals surface area contributed by atoms with Crippen LogP contribution in [0.3, 0.4) is 0 Å². The van der Waals surface area contributed by atoms with Gasteiger partial charge in [0.2, 0.25) is 0 Å². The number of carbonyl (C=O) groups is 3. The number of nitrogens with zero attached hydrogens (tertiary/aromatic N) is 1. The molecule has 0 radical (unpaired) electrons. The van der Waals surface area contributed by atoms with E-state index in [0.717, 1.165) is 10.5 Å². The minimum Gasteiger partial charge on any atom is -0.495 e. The summed E-state index contributed by atoms with van der Waals surface area (Å²) >= 11 is 18.7. The number of amides is 4. The van der Waals surface area contributed by atoms with Gasteiger partial charge < -0.3 is 18.9 Å². The van der Waals surface area contributed by atoms with E-state index in [4.69, 9.17) is 53.8 Å². The van der Waals surface area contributed by atoms with Gasteiger partial charge in [-0.3, -0.25) is 14.9 Å². The zero-order chi connectivity index (χ0) is 29.0. The third-order valence-electron chi connectivity index (χ3n) is 5.74. The molecule has 40 heavy (non-hydrogen) atoms. The first kappa shape index (κ1) is 29.1. The Bertz CT molecular complexity index is 1510. The molecule has 1 aliphatic heterocycles. The van der Waals surface area contributed by atoms with Crippen LogP contribution in [-0.4, -0.2) is 38.7 Å². The Balaban J connectivity index is 1.70. The van der Waals surface area contributed by atoms with Crippen molar-refractivity contribution in [3.63, 3.8) is 0 Å². The van der Waals surface area contributed by atoms with E-state index in [9.17, 15) is 14.4 Å². The lowest BCUT2D eigenvalue weighted by Gasteiger charge is -2.28. The van der Waals surface area contributed by atoms with Crippen molar-refractivity contribution in [2.75, 3.05) is 25.7 Å². The number of hydrogen-bond donors (Lipinski definition) is 1. The fraction of sp³-hybridized carbons (Fsp3) is 0.179. The van der Waals surface area contributed by atoms with Gasteiger partial charge in [-0.1, -0.05) is 46.9 Å². The Hall–Kier alpha value is -3.92. The van der Waals surface area contributed by atoms with Crippen LogP contribution in [0.25, 0.3) is 6.08 Å². The zero-order valence-corrected chi connectivity index (χ0v) is 23.8. The van der Waals surface area contributed by atoms with Crippen molar-refractivity contribution in [2.24, 2.45) is 0 Å². The molecule has 0 spiro atoms. The van der Waals surface area contributed by atoms with Crippen LogP contribution in [0.2, 0.25) is 15.1 Å².